The Balaban J connectivity index is 2.20. The van der Waals surface area contributed by atoms with Crippen molar-refractivity contribution in [3.8, 4) is 0 Å². The van der Waals surface area contributed by atoms with Crippen LogP contribution in [-0.4, -0.2) is 23.8 Å². The number of hydrogen-bond donors (Lipinski definition) is 1. The standard InChI is InChI=1S/C9H16N2S2/c1-7(10-3)4-5-12-9-11-8(2)6-13-9/h6-7,10H,4-5H2,1-3H3. The zero-order valence-electron chi connectivity index (χ0n) is 8.33. The first-order valence-electron chi connectivity index (χ1n) is 4.44. The molecule has 2 nitrogen and oxygen atoms in total. The summed E-state index contributed by atoms with van der Waals surface area (Å²) >= 11 is 3.59. The van der Waals surface area contributed by atoms with Gasteiger partial charge in [-0.05, 0) is 27.3 Å². The highest BCUT2D eigenvalue weighted by Crippen LogP contribution is 2.22. The van der Waals surface area contributed by atoms with E-state index in [9.17, 15) is 0 Å². The van der Waals surface area contributed by atoms with E-state index in [2.05, 4.69) is 22.6 Å². The first-order valence-corrected chi connectivity index (χ1v) is 6.31. The maximum absolute atomic E-state index is 4.39. The normalized spacial score (nSPS) is 13.2. The van der Waals surface area contributed by atoms with Crippen molar-refractivity contribution in [3.05, 3.63) is 11.1 Å². The minimum atomic E-state index is 0.605. The number of thiazole rings is 1. The molecule has 1 aromatic heterocycles. The second kappa shape index (κ2) is 5.62. The summed E-state index contributed by atoms with van der Waals surface area (Å²) in [7, 11) is 2.00. The number of aryl methyl sites for hydroxylation is 1. The quantitative estimate of drug-likeness (QED) is 0.766. The highest BCUT2D eigenvalue weighted by Gasteiger charge is 2.01. The smallest absolute Gasteiger partial charge is 0.150 e. The van der Waals surface area contributed by atoms with Crippen molar-refractivity contribution in [1.29, 1.82) is 0 Å². The van der Waals surface area contributed by atoms with Crippen LogP contribution in [0.1, 0.15) is 19.0 Å². The average Bonchev–Trinajstić information content (AvgIpc) is 2.51. The Kier molecular flexibility index (Phi) is 4.77. The molecule has 0 amide bonds. The number of hydrogen-bond acceptors (Lipinski definition) is 4. The Morgan fingerprint density at radius 2 is 2.46 bits per heavy atom. The molecule has 1 aromatic rings. The van der Waals surface area contributed by atoms with Gasteiger partial charge in [-0.25, -0.2) is 4.98 Å². The van der Waals surface area contributed by atoms with Gasteiger partial charge in [-0.3, -0.25) is 0 Å². The minimum Gasteiger partial charge on any atom is -0.317 e. The van der Waals surface area contributed by atoms with Crippen molar-refractivity contribution in [2.45, 2.75) is 30.6 Å². The fourth-order valence-corrected chi connectivity index (χ4v) is 2.91. The van der Waals surface area contributed by atoms with Gasteiger partial charge in [0.2, 0.25) is 0 Å². The molecule has 0 bridgehead atoms. The van der Waals surface area contributed by atoms with Crippen LogP contribution in [-0.2, 0) is 0 Å². The van der Waals surface area contributed by atoms with E-state index >= 15 is 0 Å². The summed E-state index contributed by atoms with van der Waals surface area (Å²) in [6, 6.07) is 0.605. The van der Waals surface area contributed by atoms with Crippen LogP contribution in [0.3, 0.4) is 0 Å². The Labute approximate surface area is 88.2 Å². The predicted octanol–water partition coefficient (Wildman–Crippen LogP) is 2.54. The van der Waals surface area contributed by atoms with Gasteiger partial charge in [-0.15, -0.1) is 11.3 Å². The molecule has 1 N–H and O–H groups in total. The molecule has 0 spiro atoms. The molecule has 0 saturated heterocycles. The largest absolute Gasteiger partial charge is 0.317 e. The number of aromatic nitrogens is 1. The summed E-state index contributed by atoms with van der Waals surface area (Å²) in [4.78, 5) is 4.39. The molecular weight excluding hydrogens is 200 g/mol. The molecule has 1 atom stereocenters. The minimum absolute atomic E-state index is 0.605. The van der Waals surface area contributed by atoms with E-state index in [1.54, 1.807) is 11.3 Å². The van der Waals surface area contributed by atoms with Gasteiger partial charge in [0.05, 0.1) is 0 Å². The lowest BCUT2D eigenvalue weighted by molar-refractivity contribution is 0.598. The van der Waals surface area contributed by atoms with E-state index in [-0.39, 0.29) is 0 Å². The fourth-order valence-electron chi connectivity index (χ4n) is 0.866. The Morgan fingerprint density at radius 1 is 1.69 bits per heavy atom. The van der Waals surface area contributed by atoms with Crippen LogP contribution >= 0.6 is 23.1 Å². The van der Waals surface area contributed by atoms with Gasteiger partial charge in [0.25, 0.3) is 0 Å². The third-order valence-corrected chi connectivity index (χ3v) is 4.04. The van der Waals surface area contributed by atoms with Crippen molar-refractivity contribution >= 4 is 23.1 Å². The lowest BCUT2D eigenvalue weighted by Crippen LogP contribution is -2.21. The number of rotatable bonds is 5. The predicted molar refractivity (Wildman–Crippen MR) is 60.7 cm³/mol. The fraction of sp³-hybridized carbons (Fsp3) is 0.667. The maximum atomic E-state index is 4.39. The van der Waals surface area contributed by atoms with Gasteiger partial charge >= 0.3 is 0 Å². The number of nitrogens with one attached hydrogen (secondary N) is 1. The molecule has 0 aliphatic carbocycles. The zero-order valence-corrected chi connectivity index (χ0v) is 9.97. The van der Waals surface area contributed by atoms with Crippen molar-refractivity contribution < 1.29 is 0 Å². The third kappa shape index (κ3) is 4.11. The zero-order chi connectivity index (χ0) is 9.68. The molecule has 0 saturated carbocycles. The van der Waals surface area contributed by atoms with Crippen LogP contribution in [0.4, 0.5) is 0 Å². The van der Waals surface area contributed by atoms with E-state index in [1.807, 2.05) is 25.7 Å². The molecule has 0 aliphatic rings. The second-order valence-electron chi connectivity index (χ2n) is 3.08. The molecule has 74 valence electrons. The molecule has 0 aromatic carbocycles. The van der Waals surface area contributed by atoms with E-state index in [4.69, 9.17) is 0 Å². The van der Waals surface area contributed by atoms with Crippen molar-refractivity contribution in [1.82, 2.24) is 10.3 Å². The Bertz CT molecular complexity index is 248. The van der Waals surface area contributed by atoms with Gasteiger partial charge in [0.15, 0.2) is 0 Å². The Morgan fingerprint density at radius 3 is 3.00 bits per heavy atom. The van der Waals surface area contributed by atoms with Crippen LogP contribution in [0, 0.1) is 6.92 Å². The van der Waals surface area contributed by atoms with Crippen LogP contribution in [0.5, 0.6) is 0 Å². The lowest BCUT2D eigenvalue weighted by Gasteiger charge is -2.07. The third-order valence-electron chi connectivity index (χ3n) is 1.87. The molecule has 1 rings (SSSR count). The van der Waals surface area contributed by atoms with Crippen molar-refractivity contribution in [2.75, 3.05) is 12.8 Å². The van der Waals surface area contributed by atoms with Crippen LogP contribution < -0.4 is 5.32 Å². The summed E-state index contributed by atoms with van der Waals surface area (Å²) in [5.74, 6) is 1.15. The summed E-state index contributed by atoms with van der Waals surface area (Å²) in [5, 5.41) is 5.33. The molecule has 13 heavy (non-hydrogen) atoms. The molecule has 4 heteroatoms. The molecular formula is C9H16N2S2. The summed E-state index contributed by atoms with van der Waals surface area (Å²) in [6.45, 7) is 4.24. The topological polar surface area (TPSA) is 24.9 Å². The average molecular weight is 216 g/mol. The highest BCUT2D eigenvalue weighted by molar-refractivity contribution is 8.01. The van der Waals surface area contributed by atoms with Gasteiger partial charge in [0, 0.05) is 22.9 Å². The molecule has 1 unspecified atom stereocenters. The summed E-state index contributed by atoms with van der Waals surface area (Å²) in [6.07, 6.45) is 1.19. The van der Waals surface area contributed by atoms with E-state index in [0.29, 0.717) is 6.04 Å². The molecule has 0 fully saturated rings. The Hall–Kier alpha value is -0.0600. The van der Waals surface area contributed by atoms with Gasteiger partial charge < -0.3 is 5.32 Å². The SMILES string of the molecule is CNC(C)CCSc1nc(C)cs1. The van der Waals surface area contributed by atoms with Crippen molar-refractivity contribution in [3.63, 3.8) is 0 Å². The van der Waals surface area contributed by atoms with Crippen molar-refractivity contribution in [2.24, 2.45) is 0 Å². The molecule has 1 heterocycles. The van der Waals surface area contributed by atoms with Crippen LogP contribution in [0.25, 0.3) is 0 Å². The van der Waals surface area contributed by atoms with E-state index < -0.39 is 0 Å². The summed E-state index contributed by atoms with van der Waals surface area (Å²) in [5.41, 5.74) is 1.13. The van der Waals surface area contributed by atoms with Crippen LogP contribution in [0.2, 0.25) is 0 Å². The highest BCUT2D eigenvalue weighted by atomic mass is 32.2. The maximum Gasteiger partial charge on any atom is 0.150 e. The second-order valence-corrected chi connectivity index (χ2v) is 5.28. The lowest BCUT2D eigenvalue weighted by atomic mass is 10.3. The summed E-state index contributed by atoms with van der Waals surface area (Å²) < 4.78 is 1.20. The van der Waals surface area contributed by atoms with Gasteiger partial charge in [0.1, 0.15) is 4.34 Å². The van der Waals surface area contributed by atoms with Gasteiger partial charge in [-0.2, -0.15) is 0 Å². The van der Waals surface area contributed by atoms with Crippen LogP contribution in [0.15, 0.2) is 9.72 Å². The first-order chi connectivity index (χ1) is 6.22. The number of nitrogens with zero attached hydrogens (tertiary/aromatic N) is 1. The van der Waals surface area contributed by atoms with E-state index in [1.165, 1.54) is 10.8 Å². The van der Waals surface area contributed by atoms with E-state index in [0.717, 1.165) is 11.4 Å². The monoisotopic (exact) mass is 216 g/mol. The molecule has 0 radical (unpaired) electrons. The molecule has 0 aliphatic heterocycles. The first kappa shape index (κ1) is 11.0. The number of thioether (sulfide) groups is 1. The van der Waals surface area contributed by atoms with Gasteiger partial charge in [-0.1, -0.05) is 11.8 Å².